The van der Waals surface area contributed by atoms with E-state index in [9.17, 15) is 13.2 Å². The van der Waals surface area contributed by atoms with Crippen LogP contribution in [-0.2, 0) is 14.6 Å². The molecule has 0 saturated carbocycles. The third-order valence-corrected chi connectivity index (χ3v) is 5.78. The Hall–Kier alpha value is -1.47. The third-order valence-electron chi connectivity index (χ3n) is 3.22. The zero-order valence-corrected chi connectivity index (χ0v) is 11.6. The highest BCUT2D eigenvalue weighted by atomic mass is 32.2. The Morgan fingerprint density at radius 1 is 1.37 bits per heavy atom. The highest BCUT2D eigenvalue weighted by Crippen LogP contribution is 2.28. The van der Waals surface area contributed by atoms with Crippen LogP contribution in [0.5, 0.6) is 0 Å². The van der Waals surface area contributed by atoms with E-state index in [2.05, 4.69) is 9.69 Å². The van der Waals surface area contributed by atoms with E-state index in [1.54, 1.807) is 0 Å². The summed E-state index contributed by atoms with van der Waals surface area (Å²) < 4.78 is 27.0. The number of nitrogens with zero attached hydrogens (tertiary/aromatic N) is 1. The Kier molecular flexibility index (Phi) is 3.02. The lowest BCUT2D eigenvalue weighted by Crippen LogP contribution is -2.23. The zero-order chi connectivity index (χ0) is 13.5. The lowest BCUT2D eigenvalue weighted by Gasteiger charge is -2.07. The SMILES string of the molecule is O=C(Nc1snc2ccccc12)C1CCS(=O)(=O)C1. The van der Waals surface area contributed by atoms with Gasteiger partial charge >= 0.3 is 0 Å². The van der Waals surface area contributed by atoms with E-state index in [0.717, 1.165) is 10.9 Å². The first-order chi connectivity index (χ1) is 9.05. The van der Waals surface area contributed by atoms with Crippen molar-refractivity contribution >= 4 is 43.2 Å². The largest absolute Gasteiger partial charge is 0.316 e. The molecule has 2 aromatic rings. The molecule has 1 atom stereocenters. The Labute approximate surface area is 114 Å². The number of sulfone groups is 1. The van der Waals surface area contributed by atoms with Crippen LogP contribution in [0.2, 0.25) is 0 Å². The predicted octanol–water partition coefficient (Wildman–Crippen LogP) is 1.67. The standard InChI is InChI=1S/C12H12N2O3S2/c15-11(8-5-6-19(16,17)7-8)13-12-9-3-1-2-4-10(9)14-18-12/h1-4,8H,5-7H2,(H,13,15). The van der Waals surface area contributed by atoms with Crippen molar-refractivity contribution in [3.8, 4) is 0 Å². The van der Waals surface area contributed by atoms with Gasteiger partial charge in [0.05, 0.1) is 22.9 Å². The van der Waals surface area contributed by atoms with Gasteiger partial charge in [0.1, 0.15) is 5.00 Å². The number of anilines is 1. The third kappa shape index (κ3) is 2.48. The molecule has 2 heterocycles. The molecular formula is C12H12N2O3S2. The number of rotatable bonds is 2. The van der Waals surface area contributed by atoms with Gasteiger partial charge in [0.15, 0.2) is 9.84 Å². The first-order valence-corrected chi connectivity index (χ1v) is 8.50. The summed E-state index contributed by atoms with van der Waals surface area (Å²) in [6, 6.07) is 7.53. The lowest BCUT2D eigenvalue weighted by atomic mass is 10.1. The number of benzene rings is 1. The molecule has 0 aliphatic carbocycles. The Morgan fingerprint density at radius 2 is 2.16 bits per heavy atom. The summed E-state index contributed by atoms with van der Waals surface area (Å²) in [5.41, 5.74) is 0.835. The molecule has 1 aromatic heterocycles. The molecule has 19 heavy (non-hydrogen) atoms. The second-order valence-corrected chi connectivity index (χ2v) is 7.62. The number of fused-ring (bicyclic) bond motifs is 1. The fourth-order valence-corrected chi connectivity index (χ4v) is 4.70. The Bertz CT molecular complexity index is 736. The summed E-state index contributed by atoms with van der Waals surface area (Å²) in [6.45, 7) is 0. The van der Waals surface area contributed by atoms with Gasteiger partial charge in [-0.25, -0.2) is 8.42 Å². The van der Waals surface area contributed by atoms with Gasteiger partial charge < -0.3 is 5.32 Å². The van der Waals surface area contributed by atoms with Crippen LogP contribution in [0.3, 0.4) is 0 Å². The fourth-order valence-electron chi connectivity index (χ4n) is 2.20. The topological polar surface area (TPSA) is 76.1 Å². The van der Waals surface area contributed by atoms with Crippen LogP contribution in [0.4, 0.5) is 5.00 Å². The van der Waals surface area contributed by atoms with Crippen molar-refractivity contribution in [3.63, 3.8) is 0 Å². The van der Waals surface area contributed by atoms with E-state index in [4.69, 9.17) is 0 Å². The van der Waals surface area contributed by atoms with Crippen LogP contribution >= 0.6 is 11.5 Å². The molecular weight excluding hydrogens is 284 g/mol. The molecule has 0 bridgehead atoms. The number of carbonyl (C=O) groups is 1. The molecule has 1 unspecified atom stereocenters. The molecule has 1 N–H and O–H groups in total. The smallest absolute Gasteiger partial charge is 0.229 e. The van der Waals surface area contributed by atoms with Gasteiger partial charge in [-0.3, -0.25) is 4.79 Å². The number of nitrogens with one attached hydrogen (secondary N) is 1. The van der Waals surface area contributed by atoms with Gasteiger partial charge in [0, 0.05) is 5.39 Å². The average molecular weight is 296 g/mol. The maximum absolute atomic E-state index is 12.0. The van der Waals surface area contributed by atoms with Gasteiger partial charge in [-0.15, -0.1) is 0 Å². The highest BCUT2D eigenvalue weighted by Gasteiger charge is 2.33. The van der Waals surface area contributed by atoms with Gasteiger partial charge in [0.25, 0.3) is 0 Å². The Morgan fingerprint density at radius 3 is 2.89 bits per heavy atom. The fraction of sp³-hybridized carbons (Fsp3) is 0.333. The molecule has 5 nitrogen and oxygen atoms in total. The molecule has 1 fully saturated rings. The molecule has 0 radical (unpaired) electrons. The van der Waals surface area contributed by atoms with Crippen molar-refractivity contribution in [1.29, 1.82) is 0 Å². The van der Waals surface area contributed by atoms with Crippen LogP contribution in [0.25, 0.3) is 10.9 Å². The molecule has 1 aliphatic heterocycles. The molecule has 1 amide bonds. The maximum atomic E-state index is 12.0. The van der Waals surface area contributed by atoms with Gasteiger partial charge in [-0.2, -0.15) is 4.37 Å². The van der Waals surface area contributed by atoms with Crippen molar-refractivity contribution in [3.05, 3.63) is 24.3 Å². The lowest BCUT2D eigenvalue weighted by molar-refractivity contribution is -0.119. The van der Waals surface area contributed by atoms with E-state index in [1.807, 2.05) is 24.3 Å². The summed E-state index contributed by atoms with van der Waals surface area (Å²) in [6.07, 6.45) is 0.408. The van der Waals surface area contributed by atoms with Crippen LogP contribution in [-0.4, -0.2) is 30.2 Å². The molecule has 1 aliphatic rings. The van der Waals surface area contributed by atoms with Crippen molar-refractivity contribution in [1.82, 2.24) is 4.37 Å². The van der Waals surface area contributed by atoms with E-state index in [-0.39, 0.29) is 17.4 Å². The number of aromatic nitrogens is 1. The quantitative estimate of drug-likeness (QED) is 0.914. The monoisotopic (exact) mass is 296 g/mol. The number of hydrogen-bond donors (Lipinski definition) is 1. The molecule has 3 rings (SSSR count). The van der Waals surface area contributed by atoms with Crippen LogP contribution < -0.4 is 5.32 Å². The first kappa shape index (κ1) is 12.6. The summed E-state index contributed by atoms with van der Waals surface area (Å²) in [5, 5.41) is 4.37. The highest BCUT2D eigenvalue weighted by molar-refractivity contribution is 7.91. The van der Waals surface area contributed by atoms with Crippen molar-refractivity contribution < 1.29 is 13.2 Å². The summed E-state index contributed by atoms with van der Waals surface area (Å²) >= 11 is 1.22. The van der Waals surface area contributed by atoms with Crippen molar-refractivity contribution in [2.45, 2.75) is 6.42 Å². The van der Waals surface area contributed by atoms with Crippen molar-refractivity contribution in [2.24, 2.45) is 5.92 Å². The Balaban J connectivity index is 1.80. The maximum Gasteiger partial charge on any atom is 0.229 e. The van der Waals surface area contributed by atoms with E-state index >= 15 is 0 Å². The van der Waals surface area contributed by atoms with E-state index in [0.29, 0.717) is 11.4 Å². The molecule has 0 spiro atoms. The summed E-state index contributed by atoms with van der Waals surface area (Å²) in [5.74, 6) is -0.606. The minimum absolute atomic E-state index is 0.0461. The van der Waals surface area contributed by atoms with Gasteiger partial charge in [-0.1, -0.05) is 12.1 Å². The normalized spacial score (nSPS) is 21.6. The minimum atomic E-state index is -3.03. The molecule has 7 heteroatoms. The average Bonchev–Trinajstić information content (AvgIpc) is 2.94. The van der Waals surface area contributed by atoms with Gasteiger partial charge in [0.2, 0.25) is 5.91 Å². The van der Waals surface area contributed by atoms with E-state index in [1.165, 1.54) is 11.5 Å². The number of carbonyl (C=O) groups excluding carboxylic acids is 1. The predicted molar refractivity (Wildman–Crippen MR) is 75.0 cm³/mol. The zero-order valence-electron chi connectivity index (χ0n) is 10.00. The van der Waals surface area contributed by atoms with Crippen LogP contribution in [0.15, 0.2) is 24.3 Å². The number of amides is 1. The molecule has 100 valence electrons. The van der Waals surface area contributed by atoms with Crippen molar-refractivity contribution in [2.75, 3.05) is 16.8 Å². The molecule has 1 aromatic carbocycles. The first-order valence-electron chi connectivity index (χ1n) is 5.91. The summed E-state index contributed by atoms with van der Waals surface area (Å²) in [4.78, 5) is 12.0. The second kappa shape index (κ2) is 4.57. The van der Waals surface area contributed by atoms with E-state index < -0.39 is 15.8 Å². The van der Waals surface area contributed by atoms with Crippen LogP contribution in [0, 0.1) is 5.92 Å². The number of hydrogen-bond acceptors (Lipinski definition) is 5. The van der Waals surface area contributed by atoms with Gasteiger partial charge in [-0.05, 0) is 30.1 Å². The molecule has 1 saturated heterocycles. The minimum Gasteiger partial charge on any atom is -0.316 e. The van der Waals surface area contributed by atoms with Crippen LogP contribution in [0.1, 0.15) is 6.42 Å². The summed E-state index contributed by atoms with van der Waals surface area (Å²) in [7, 11) is -3.03. The second-order valence-electron chi connectivity index (χ2n) is 4.62.